The minimum absolute atomic E-state index is 0.0787. The quantitative estimate of drug-likeness (QED) is 0.732. The maximum Gasteiger partial charge on any atom is 0.411 e. The number of rotatable bonds is 4. The van der Waals surface area contributed by atoms with Crippen molar-refractivity contribution in [1.29, 1.82) is 0 Å². The number of carboxylic acids is 1. The minimum atomic E-state index is -1.49. The smallest absolute Gasteiger partial charge is 0.411 e. The van der Waals surface area contributed by atoms with E-state index in [1.54, 1.807) is 20.8 Å². The third-order valence-corrected chi connectivity index (χ3v) is 4.78. The molecule has 0 aromatic rings. The Morgan fingerprint density at radius 1 is 1.20 bits per heavy atom. The van der Waals surface area contributed by atoms with Crippen LogP contribution in [-0.4, -0.2) is 66.1 Å². The molecule has 1 rings (SSSR count). The first-order valence-corrected chi connectivity index (χ1v) is 11.5. The molecule has 0 aromatic carbocycles. The van der Waals surface area contributed by atoms with Gasteiger partial charge in [-0.25, -0.2) is 9.59 Å². The number of likely N-dealkylation sites (tertiary alicyclic amines) is 1. The van der Waals surface area contributed by atoms with Gasteiger partial charge < -0.3 is 19.4 Å². The molecule has 0 radical (unpaired) electrons. The summed E-state index contributed by atoms with van der Waals surface area (Å²) >= 11 is 0. The molecule has 1 aliphatic heterocycles. The molecule has 0 saturated carbocycles. The van der Waals surface area contributed by atoms with Crippen LogP contribution < -0.4 is 0 Å². The van der Waals surface area contributed by atoms with Gasteiger partial charge in [0.1, 0.15) is 17.2 Å². The Hall–Kier alpha value is -1.12. The van der Waals surface area contributed by atoms with Gasteiger partial charge in [-0.2, -0.15) is 0 Å². The molecule has 3 atom stereocenters. The van der Waals surface area contributed by atoms with E-state index in [1.807, 2.05) is 33.9 Å². The normalized spacial score (nSPS) is 26.0. The van der Waals surface area contributed by atoms with Crippen molar-refractivity contribution in [2.24, 2.45) is 5.41 Å². The van der Waals surface area contributed by atoms with E-state index in [4.69, 9.17) is 9.16 Å². The van der Waals surface area contributed by atoms with E-state index < -0.39 is 49.9 Å². The van der Waals surface area contributed by atoms with Crippen LogP contribution in [0.4, 0.5) is 4.79 Å². The Bertz CT molecular complexity index is 510. The summed E-state index contributed by atoms with van der Waals surface area (Å²) in [5.74, 6) is -1.16. The Morgan fingerprint density at radius 2 is 1.72 bits per heavy atom. The summed E-state index contributed by atoms with van der Waals surface area (Å²) in [6.45, 7) is 14.8. The van der Waals surface area contributed by atoms with Crippen molar-refractivity contribution in [2.75, 3.05) is 6.54 Å². The molecule has 1 amide bonds. The second kappa shape index (κ2) is 7.24. The van der Waals surface area contributed by atoms with Crippen molar-refractivity contribution in [2.45, 2.75) is 84.4 Å². The fourth-order valence-corrected chi connectivity index (χ4v) is 4.45. The number of carbonyl (C=O) groups excluding carboxylic acids is 1. The molecule has 8 heteroatoms. The van der Waals surface area contributed by atoms with Crippen molar-refractivity contribution in [1.82, 2.24) is 4.90 Å². The number of hydrogen-bond donors (Lipinski definition) is 2. The number of aliphatic carboxylic acids is 1. The second-order valence-electron chi connectivity index (χ2n) is 9.20. The summed E-state index contributed by atoms with van der Waals surface area (Å²) in [6, 6.07) is -1.14. The number of aliphatic hydroxyl groups is 1. The van der Waals surface area contributed by atoms with Crippen LogP contribution in [0.2, 0.25) is 13.1 Å². The molecule has 0 aliphatic carbocycles. The van der Waals surface area contributed by atoms with Gasteiger partial charge in [-0.1, -0.05) is 20.8 Å². The molecule has 1 saturated heterocycles. The van der Waals surface area contributed by atoms with Gasteiger partial charge >= 0.3 is 12.1 Å². The minimum Gasteiger partial charge on any atom is -0.480 e. The molecule has 2 N–H and O–H groups in total. The summed E-state index contributed by atoms with van der Waals surface area (Å²) in [6.07, 6.45) is -1.38. The summed E-state index contributed by atoms with van der Waals surface area (Å²) in [5, 5.41) is 20.8. The number of β-amino-alcohol motifs (C(OH)–C–C–N with tert-alkyl or cyclic N) is 1. The molecule has 146 valence electrons. The van der Waals surface area contributed by atoms with Gasteiger partial charge in [0.2, 0.25) is 0 Å². The lowest BCUT2D eigenvalue weighted by atomic mass is 9.77. The number of ether oxygens (including phenoxy) is 1. The number of amides is 1. The monoisotopic (exact) mass is 375 g/mol. The van der Waals surface area contributed by atoms with E-state index in [0.717, 1.165) is 4.90 Å². The fraction of sp³-hybridized carbons (Fsp3) is 0.882. The first kappa shape index (κ1) is 21.9. The average Bonchev–Trinajstić information content (AvgIpc) is 2.72. The molecule has 25 heavy (non-hydrogen) atoms. The van der Waals surface area contributed by atoms with E-state index in [2.05, 4.69) is 0 Å². The molecular formula is C17H33NO6Si. The van der Waals surface area contributed by atoms with Crippen LogP contribution in [0.1, 0.15) is 48.0 Å². The lowest BCUT2D eigenvalue weighted by Gasteiger charge is -2.42. The number of carboxylic acid groups (broad SMARTS) is 1. The average molecular weight is 376 g/mol. The van der Waals surface area contributed by atoms with Crippen LogP contribution in [0.3, 0.4) is 0 Å². The Morgan fingerprint density at radius 3 is 2.08 bits per heavy atom. The highest BCUT2D eigenvalue weighted by Gasteiger charge is 2.56. The van der Waals surface area contributed by atoms with Crippen LogP contribution in [0, 0.1) is 5.41 Å². The summed E-state index contributed by atoms with van der Waals surface area (Å²) in [7, 11) is -1.49. The molecule has 7 nitrogen and oxygen atoms in total. The van der Waals surface area contributed by atoms with Crippen LogP contribution in [0.15, 0.2) is 0 Å². The molecule has 1 heterocycles. The highest BCUT2D eigenvalue weighted by molar-refractivity contribution is 6.48. The molecular weight excluding hydrogens is 342 g/mol. The van der Waals surface area contributed by atoms with Gasteiger partial charge in [0.25, 0.3) is 0 Å². The Balaban J connectivity index is 3.17. The first-order valence-electron chi connectivity index (χ1n) is 8.67. The SMILES string of the molecule is C[SiH](C)OC(C(C)(C)C)[C@]1(O)C[C@@H](C(=O)O)N(C(=O)OC(C)(C)C)C1. The first-order chi connectivity index (χ1) is 11.1. The molecule has 1 unspecified atom stereocenters. The maximum absolute atomic E-state index is 12.5. The van der Waals surface area contributed by atoms with E-state index in [9.17, 15) is 19.8 Å². The lowest BCUT2D eigenvalue weighted by molar-refractivity contribution is -0.142. The van der Waals surface area contributed by atoms with E-state index in [1.165, 1.54) is 0 Å². The fourth-order valence-electron chi connectivity index (χ4n) is 3.25. The lowest BCUT2D eigenvalue weighted by Crippen LogP contribution is -2.54. The Kier molecular flexibility index (Phi) is 6.35. The standard InChI is InChI=1S/C17H33NO6Si/c1-15(2,3)13(24-25(7)8)17(22)9-11(12(19)20)18(10-17)14(21)23-16(4,5)6/h11,13,22,25H,9-10H2,1-8H3,(H,19,20)/t11-,13?,17-/m0/s1. The van der Waals surface area contributed by atoms with Crippen molar-refractivity contribution < 1.29 is 29.0 Å². The topological polar surface area (TPSA) is 96.3 Å². The number of hydrogen-bond acceptors (Lipinski definition) is 5. The van der Waals surface area contributed by atoms with Gasteiger partial charge in [-0.05, 0) is 39.3 Å². The highest BCUT2D eigenvalue weighted by atomic mass is 28.3. The largest absolute Gasteiger partial charge is 0.480 e. The third kappa shape index (κ3) is 5.69. The van der Waals surface area contributed by atoms with Crippen LogP contribution in [0.5, 0.6) is 0 Å². The highest BCUT2D eigenvalue weighted by Crippen LogP contribution is 2.40. The predicted octanol–water partition coefficient (Wildman–Crippen LogP) is 2.23. The number of nitrogens with zero attached hydrogens (tertiary/aromatic N) is 1. The van der Waals surface area contributed by atoms with Crippen LogP contribution >= 0.6 is 0 Å². The van der Waals surface area contributed by atoms with Gasteiger partial charge in [0.05, 0.1) is 12.6 Å². The third-order valence-electron chi connectivity index (χ3n) is 3.96. The zero-order chi connectivity index (χ0) is 19.8. The summed E-state index contributed by atoms with van der Waals surface area (Å²) < 4.78 is 11.4. The van der Waals surface area contributed by atoms with Gasteiger partial charge in [-0.3, -0.25) is 4.90 Å². The van der Waals surface area contributed by atoms with Gasteiger partial charge in [0.15, 0.2) is 9.04 Å². The molecule has 1 aliphatic rings. The zero-order valence-corrected chi connectivity index (χ0v) is 17.8. The predicted molar refractivity (Wildman–Crippen MR) is 97.1 cm³/mol. The second-order valence-corrected chi connectivity index (χ2v) is 11.6. The van der Waals surface area contributed by atoms with Crippen LogP contribution in [0.25, 0.3) is 0 Å². The number of carbonyl (C=O) groups is 2. The molecule has 0 aromatic heterocycles. The van der Waals surface area contributed by atoms with E-state index >= 15 is 0 Å². The molecule has 0 spiro atoms. The maximum atomic E-state index is 12.5. The van der Waals surface area contributed by atoms with Crippen molar-refractivity contribution in [3.05, 3.63) is 0 Å². The molecule has 0 bridgehead atoms. The van der Waals surface area contributed by atoms with Gasteiger partial charge in [0, 0.05) is 6.42 Å². The van der Waals surface area contributed by atoms with E-state index in [0.29, 0.717) is 0 Å². The van der Waals surface area contributed by atoms with Gasteiger partial charge in [-0.15, -0.1) is 0 Å². The van der Waals surface area contributed by atoms with Crippen molar-refractivity contribution in [3.63, 3.8) is 0 Å². The van der Waals surface area contributed by atoms with Crippen molar-refractivity contribution >= 4 is 21.1 Å². The zero-order valence-electron chi connectivity index (χ0n) is 16.6. The molecule has 1 fully saturated rings. The van der Waals surface area contributed by atoms with Crippen LogP contribution in [-0.2, 0) is 14.0 Å². The summed E-state index contributed by atoms with van der Waals surface area (Å²) in [4.78, 5) is 25.2. The van der Waals surface area contributed by atoms with E-state index in [-0.39, 0.29) is 13.0 Å². The Labute approximate surface area is 152 Å². The van der Waals surface area contributed by atoms with Crippen molar-refractivity contribution in [3.8, 4) is 0 Å². The summed E-state index contributed by atoms with van der Waals surface area (Å²) in [5.41, 5.74) is -2.58.